The van der Waals surface area contributed by atoms with Crippen molar-refractivity contribution in [1.29, 1.82) is 0 Å². The maximum Gasteiger partial charge on any atom is 0.146 e. The van der Waals surface area contributed by atoms with Gasteiger partial charge in [0.1, 0.15) is 5.78 Å². The van der Waals surface area contributed by atoms with Gasteiger partial charge in [0, 0.05) is 13.0 Å². The van der Waals surface area contributed by atoms with Crippen LogP contribution in [0, 0.1) is 5.92 Å². The highest BCUT2D eigenvalue weighted by Gasteiger charge is 2.21. The predicted octanol–water partition coefficient (Wildman–Crippen LogP) is 0.651. The number of ketones is 1. The molecule has 2 saturated heterocycles. The van der Waals surface area contributed by atoms with Gasteiger partial charge < -0.3 is 5.32 Å². The molecule has 80 valence electrons. The molecule has 1 N–H and O–H groups in total. The Balaban J connectivity index is 1.75. The lowest BCUT2D eigenvalue weighted by atomic mass is 9.98. The fourth-order valence-corrected chi connectivity index (χ4v) is 2.51. The number of rotatable bonds is 2. The Hall–Kier alpha value is -0.410. The predicted molar refractivity (Wildman–Crippen MR) is 56.3 cm³/mol. The molecule has 1 unspecified atom stereocenters. The van der Waals surface area contributed by atoms with E-state index in [9.17, 15) is 4.79 Å². The van der Waals surface area contributed by atoms with E-state index in [1.807, 2.05) is 0 Å². The Morgan fingerprint density at radius 2 is 2.36 bits per heavy atom. The van der Waals surface area contributed by atoms with Gasteiger partial charge in [-0.25, -0.2) is 0 Å². The minimum Gasteiger partial charge on any atom is -0.316 e. The summed E-state index contributed by atoms with van der Waals surface area (Å²) in [5.74, 6) is 1.20. The van der Waals surface area contributed by atoms with Gasteiger partial charge in [0.2, 0.25) is 0 Å². The second kappa shape index (κ2) is 4.89. The van der Waals surface area contributed by atoms with Crippen molar-refractivity contribution in [3.63, 3.8) is 0 Å². The molecule has 3 nitrogen and oxygen atoms in total. The van der Waals surface area contributed by atoms with Crippen LogP contribution < -0.4 is 5.32 Å². The largest absolute Gasteiger partial charge is 0.316 e. The lowest BCUT2D eigenvalue weighted by molar-refractivity contribution is -0.122. The molecule has 0 bridgehead atoms. The lowest BCUT2D eigenvalue weighted by Gasteiger charge is -2.31. The average Bonchev–Trinajstić information content (AvgIpc) is 2.19. The van der Waals surface area contributed by atoms with Gasteiger partial charge in [-0.2, -0.15) is 0 Å². The monoisotopic (exact) mass is 196 g/mol. The van der Waals surface area contributed by atoms with Crippen molar-refractivity contribution in [2.75, 3.05) is 32.7 Å². The number of hydrogen-bond acceptors (Lipinski definition) is 3. The van der Waals surface area contributed by atoms with Crippen molar-refractivity contribution >= 4 is 5.78 Å². The first kappa shape index (κ1) is 10.1. The summed E-state index contributed by atoms with van der Waals surface area (Å²) in [7, 11) is 0. The normalized spacial score (nSPS) is 30.6. The highest BCUT2D eigenvalue weighted by atomic mass is 16.1. The van der Waals surface area contributed by atoms with Crippen molar-refractivity contribution in [2.24, 2.45) is 5.92 Å². The molecule has 0 saturated carbocycles. The summed E-state index contributed by atoms with van der Waals surface area (Å²) in [5, 5.41) is 3.42. The van der Waals surface area contributed by atoms with Crippen LogP contribution in [-0.2, 0) is 4.79 Å². The first-order valence-electron chi connectivity index (χ1n) is 5.79. The summed E-state index contributed by atoms with van der Waals surface area (Å²) in [6, 6.07) is 0. The molecule has 0 aliphatic carbocycles. The Labute approximate surface area is 85.8 Å². The molecule has 2 fully saturated rings. The van der Waals surface area contributed by atoms with E-state index in [0.29, 0.717) is 12.3 Å². The number of nitrogens with one attached hydrogen (secondary N) is 1. The van der Waals surface area contributed by atoms with E-state index in [2.05, 4.69) is 10.2 Å². The van der Waals surface area contributed by atoms with E-state index >= 15 is 0 Å². The van der Waals surface area contributed by atoms with Crippen LogP contribution in [0.2, 0.25) is 0 Å². The molecular weight excluding hydrogens is 176 g/mol. The molecule has 0 aromatic heterocycles. The van der Waals surface area contributed by atoms with Crippen molar-refractivity contribution < 1.29 is 4.79 Å². The van der Waals surface area contributed by atoms with E-state index in [4.69, 9.17) is 0 Å². The number of Topliss-reactive ketones (excluding diaryl/α,β-unsaturated/α-hetero) is 1. The van der Waals surface area contributed by atoms with E-state index in [1.165, 1.54) is 19.4 Å². The Morgan fingerprint density at radius 1 is 1.43 bits per heavy atom. The highest BCUT2D eigenvalue weighted by Crippen LogP contribution is 2.14. The molecule has 1 atom stereocenters. The summed E-state index contributed by atoms with van der Waals surface area (Å²) >= 11 is 0. The standard InChI is InChI=1S/C11H20N2O/c14-11-4-2-6-13(9-11)8-10-3-1-5-12-7-10/h10,12H,1-9H2. The van der Waals surface area contributed by atoms with Crippen LogP contribution in [0.15, 0.2) is 0 Å². The quantitative estimate of drug-likeness (QED) is 0.704. The maximum atomic E-state index is 11.3. The smallest absolute Gasteiger partial charge is 0.146 e. The SMILES string of the molecule is O=C1CCCN(CC2CCCNC2)C1. The zero-order valence-electron chi connectivity index (χ0n) is 8.80. The van der Waals surface area contributed by atoms with Crippen LogP contribution in [0.5, 0.6) is 0 Å². The molecule has 0 aromatic rings. The zero-order chi connectivity index (χ0) is 9.80. The van der Waals surface area contributed by atoms with Gasteiger partial charge in [-0.05, 0) is 44.8 Å². The molecule has 14 heavy (non-hydrogen) atoms. The maximum absolute atomic E-state index is 11.3. The third-order valence-electron chi connectivity index (χ3n) is 3.25. The number of piperidine rings is 2. The average molecular weight is 196 g/mol. The van der Waals surface area contributed by atoms with Gasteiger partial charge in [-0.3, -0.25) is 9.69 Å². The molecule has 0 aromatic carbocycles. The summed E-state index contributed by atoms with van der Waals surface area (Å²) in [6.07, 6.45) is 4.50. The molecule has 0 radical (unpaired) electrons. The minimum absolute atomic E-state index is 0.431. The Morgan fingerprint density at radius 3 is 3.07 bits per heavy atom. The Kier molecular flexibility index (Phi) is 3.54. The zero-order valence-corrected chi connectivity index (χ0v) is 8.80. The molecule has 2 aliphatic heterocycles. The highest BCUT2D eigenvalue weighted by molar-refractivity contribution is 5.81. The van der Waals surface area contributed by atoms with E-state index in [-0.39, 0.29) is 0 Å². The number of carbonyl (C=O) groups is 1. The van der Waals surface area contributed by atoms with Gasteiger partial charge in [0.05, 0.1) is 6.54 Å². The number of hydrogen-bond donors (Lipinski definition) is 1. The van der Waals surface area contributed by atoms with Gasteiger partial charge in [-0.15, -0.1) is 0 Å². The van der Waals surface area contributed by atoms with Crippen LogP contribution in [0.1, 0.15) is 25.7 Å². The van der Waals surface area contributed by atoms with Gasteiger partial charge in [0.25, 0.3) is 0 Å². The van der Waals surface area contributed by atoms with E-state index in [1.54, 1.807) is 0 Å². The first-order valence-corrected chi connectivity index (χ1v) is 5.79. The minimum atomic E-state index is 0.431. The molecule has 2 aliphatic rings. The fourth-order valence-electron chi connectivity index (χ4n) is 2.51. The van der Waals surface area contributed by atoms with Gasteiger partial charge in [0.15, 0.2) is 0 Å². The van der Waals surface area contributed by atoms with E-state index < -0.39 is 0 Å². The van der Waals surface area contributed by atoms with E-state index in [0.717, 1.165) is 38.4 Å². The van der Waals surface area contributed by atoms with Crippen LogP contribution in [0.3, 0.4) is 0 Å². The van der Waals surface area contributed by atoms with Crippen molar-refractivity contribution in [1.82, 2.24) is 10.2 Å². The van der Waals surface area contributed by atoms with Crippen LogP contribution in [0.4, 0.5) is 0 Å². The van der Waals surface area contributed by atoms with Crippen LogP contribution in [-0.4, -0.2) is 43.4 Å². The van der Waals surface area contributed by atoms with Crippen LogP contribution in [0.25, 0.3) is 0 Å². The van der Waals surface area contributed by atoms with Gasteiger partial charge in [-0.1, -0.05) is 0 Å². The molecule has 0 spiro atoms. The molecule has 3 heteroatoms. The Bertz CT molecular complexity index is 199. The third-order valence-corrected chi connectivity index (χ3v) is 3.25. The second-order valence-electron chi connectivity index (χ2n) is 4.59. The second-order valence-corrected chi connectivity index (χ2v) is 4.59. The molecular formula is C11H20N2O. The van der Waals surface area contributed by atoms with Crippen molar-refractivity contribution in [3.05, 3.63) is 0 Å². The summed E-state index contributed by atoms with van der Waals surface area (Å²) < 4.78 is 0. The van der Waals surface area contributed by atoms with Gasteiger partial charge >= 0.3 is 0 Å². The lowest BCUT2D eigenvalue weighted by Crippen LogP contribution is -2.42. The summed E-state index contributed by atoms with van der Waals surface area (Å²) in [4.78, 5) is 13.6. The molecule has 2 rings (SSSR count). The third kappa shape index (κ3) is 2.79. The number of nitrogens with zero attached hydrogens (tertiary/aromatic N) is 1. The molecule has 2 heterocycles. The summed E-state index contributed by atoms with van der Waals surface area (Å²) in [5.41, 5.74) is 0. The fraction of sp³-hybridized carbons (Fsp3) is 0.909. The molecule has 0 amide bonds. The topological polar surface area (TPSA) is 32.3 Å². The van der Waals surface area contributed by atoms with Crippen molar-refractivity contribution in [3.8, 4) is 0 Å². The summed E-state index contributed by atoms with van der Waals surface area (Å²) in [6.45, 7) is 5.28. The van der Waals surface area contributed by atoms with Crippen LogP contribution >= 0.6 is 0 Å². The number of likely N-dealkylation sites (tertiary alicyclic amines) is 1. The first-order chi connectivity index (χ1) is 6.84. The van der Waals surface area contributed by atoms with Crippen molar-refractivity contribution in [2.45, 2.75) is 25.7 Å². The number of carbonyl (C=O) groups excluding carboxylic acids is 1.